The Morgan fingerprint density at radius 2 is 1.83 bits per heavy atom. The van der Waals surface area contributed by atoms with Gasteiger partial charge in [0.1, 0.15) is 0 Å². The molecule has 1 aliphatic heterocycles. The molecule has 3 heterocycles. The Kier molecular flexibility index (Phi) is 5.99. The van der Waals surface area contributed by atoms with Crippen molar-refractivity contribution in [3.05, 3.63) is 71.5 Å². The van der Waals surface area contributed by atoms with Crippen LogP contribution in [0, 0.1) is 0 Å². The Hall–Kier alpha value is -2.93. The van der Waals surface area contributed by atoms with Gasteiger partial charge in [-0.15, -0.1) is 0 Å². The van der Waals surface area contributed by atoms with Gasteiger partial charge in [-0.25, -0.2) is 0 Å². The van der Waals surface area contributed by atoms with Gasteiger partial charge in [0.15, 0.2) is 5.78 Å². The van der Waals surface area contributed by atoms with Crippen LogP contribution in [-0.2, 0) is 17.6 Å². The third-order valence-corrected chi connectivity index (χ3v) is 5.22. The van der Waals surface area contributed by atoms with Gasteiger partial charge in [0.2, 0.25) is 0 Å². The molecule has 156 valence electrons. The predicted molar refractivity (Wildman–Crippen MR) is 117 cm³/mol. The Balaban J connectivity index is 0.000000150. The zero-order chi connectivity index (χ0) is 21.1. The number of aromatic amines is 2. The lowest BCUT2D eigenvalue weighted by atomic mass is 10.0. The van der Waals surface area contributed by atoms with Gasteiger partial charge in [0.05, 0.1) is 25.4 Å². The number of ketones is 1. The number of benzene rings is 2. The van der Waals surface area contributed by atoms with Crippen molar-refractivity contribution in [1.82, 2.24) is 9.97 Å². The van der Waals surface area contributed by atoms with E-state index in [1.807, 2.05) is 24.3 Å². The Morgan fingerprint density at radius 1 is 1.13 bits per heavy atom. The Labute approximate surface area is 174 Å². The van der Waals surface area contributed by atoms with Crippen LogP contribution in [-0.4, -0.2) is 51.4 Å². The molecule has 30 heavy (non-hydrogen) atoms. The number of Topliss-reactive ketones (excluding diaryl/α,β-unsaturated/α-hetero) is 1. The number of epoxide rings is 1. The number of carbonyl (C=O) groups excluding carboxylic acids is 1. The van der Waals surface area contributed by atoms with Gasteiger partial charge in [-0.05, 0) is 30.5 Å². The van der Waals surface area contributed by atoms with Crippen molar-refractivity contribution in [1.29, 1.82) is 0 Å². The van der Waals surface area contributed by atoms with Crippen molar-refractivity contribution < 1.29 is 19.7 Å². The van der Waals surface area contributed by atoms with Crippen molar-refractivity contribution in [2.75, 3.05) is 13.2 Å². The molecule has 2 aromatic heterocycles. The maximum absolute atomic E-state index is 11.6. The minimum atomic E-state index is -0.846. The van der Waals surface area contributed by atoms with Crippen LogP contribution in [0.2, 0.25) is 0 Å². The Bertz CT molecular complexity index is 1120. The summed E-state index contributed by atoms with van der Waals surface area (Å²) in [5.74, 6) is -0.0393. The lowest BCUT2D eigenvalue weighted by Crippen LogP contribution is -2.16. The number of carbonyl (C=O) groups is 1. The van der Waals surface area contributed by atoms with E-state index in [0.29, 0.717) is 17.4 Å². The van der Waals surface area contributed by atoms with Crippen LogP contribution in [0.1, 0.15) is 28.7 Å². The van der Waals surface area contributed by atoms with Crippen molar-refractivity contribution in [3.8, 4) is 0 Å². The maximum atomic E-state index is 11.6. The van der Waals surface area contributed by atoms with E-state index in [1.165, 1.54) is 23.5 Å². The van der Waals surface area contributed by atoms with E-state index in [4.69, 9.17) is 9.84 Å². The SMILES string of the molecule is CC(=O)c1c(CC(O)CO)[nH]c2ccccc12.c1ccc2[nH]c(CC3CO3)cc2c1. The molecule has 6 heteroatoms. The van der Waals surface area contributed by atoms with Gasteiger partial charge in [-0.3, -0.25) is 4.79 Å². The number of ether oxygens (including phenoxy) is 1. The van der Waals surface area contributed by atoms with Gasteiger partial charge in [0.25, 0.3) is 0 Å². The van der Waals surface area contributed by atoms with Crippen molar-refractivity contribution in [2.24, 2.45) is 0 Å². The fourth-order valence-corrected chi connectivity index (χ4v) is 3.73. The fraction of sp³-hybridized carbons (Fsp3) is 0.292. The summed E-state index contributed by atoms with van der Waals surface area (Å²) in [4.78, 5) is 18.2. The summed E-state index contributed by atoms with van der Waals surface area (Å²) in [7, 11) is 0. The molecule has 6 nitrogen and oxygen atoms in total. The largest absolute Gasteiger partial charge is 0.394 e. The lowest BCUT2D eigenvalue weighted by Gasteiger charge is -2.06. The molecule has 1 aliphatic rings. The van der Waals surface area contributed by atoms with E-state index in [1.54, 1.807) is 0 Å². The second kappa shape index (κ2) is 8.83. The molecule has 0 radical (unpaired) electrons. The first-order valence-electron chi connectivity index (χ1n) is 10.1. The van der Waals surface area contributed by atoms with E-state index >= 15 is 0 Å². The average molecular weight is 406 g/mol. The summed E-state index contributed by atoms with van der Waals surface area (Å²) in [6.07, 6.45) is 0.892. The maximum Gasteiger partial charge on any atom is 0.162 e. The molecular formula is C24H26N2O4. The zero-order valence-corrected chi connectivity index (χ0v) is 16.9. The van der Waals surface area contributed by atoms with Crippen LogP contribution in [0.3, 0.4) is 0 Å². The zero-order valence-electron chi connectivity index (χ0n) is 16.9. The molecule has 0 spiro atoms. The van der Waals surface area contributed by atoms with E-state index in [0.717, 1.165) is 23.9 Å². The topological polar surface area (TPSA) is 102 Å². The van der Waals surface area contributed by atoms with Gasteiger partial charge >= 0.3 is 0 Å². The summed E-state index contributed by atoms with van der Waals surface area (Å²) < 4.78 is 5.19. The van der Waals surface area contributed by atoms with Crippen LogP contribution >= 0.6 is 0 Å². The molecule has 1 fully saturated rings. The molecule has 2 unspecified atom stereocenters. The van der Waals surface area contributed by atoms with Crippen molar-refractivity contribution >= 4 is 27.6 Å². The molecule has 1 saturated heterocycles. The first kappa shape index (κ1) is 20.3. The minimum Gasteiger partial charge on any atom is -0.394 e. The molecule has 0 bridgehead atoms. The highest BCUT2D eigenvalue weighted by Crippen LogP contribution is 2.24. The van der Waals surface area contributed by atoms with E-state index in [2.05, 4.69) is 40.3 Å². The van der Waals surface area contributed by atoms with E-state index < -0.39 is 6.10 Å². The Morgan fingerprint density at radius 3 is 2.50 bits per heavy atom. The molecule has 4 aromatic rings. The number of H-pyrrole nitrogens is 2. The molecule has 2 atom stereocenters. The highest BCUT2D eigenvalue weighted by atomic mass is 16.6. The quantitative estimate of drug-likeness (QED) is 0.291. The highest BCUT2D eigenvalue weighted by Gasteiger charge is 2.23. The molecule has 4 N–H and O–H groups in total. The molecule has 5 rings (SSSR count). The van der Waals surface area contributed by atoms with E-state index in [9.17, 15) is 9.90 Å². The number of aliphatic hydroxyl groups is 2. The number of para-hydroxylation sites is 2. The fourth-order valence-electron chi connectivity index (χ4n) is 3.73. The van der Waals surface area contributed by atoms with Gasteiger partial charge in [0, 0.05) is 46.2 Å². The van der Waals surface area contributed by atoms with Crippen LogP contribution in [0.5, 0.6) is 0 Å². The minimum absolute atomic E-state index is 0.0393. The molecule has 2 aromatic carbocycles. The smallest absolute Gasteiger partial charge is 0.162 e. The number of aliphatic hydroxyl groups excluding tert-OH is 2. The predicted octanol–water partition coefficient (Wildman–Crippen LogP) is 3.38. The number of rotatable bonds is 6. The highest BCUT2D eigenvalue weighted by molar-refractivity contribution is 6.08. The van der Waals surface area contributed by atoms with Crippen LogP contribution in [0.15, 0.2) is 54.6 Å². The second-order valence-electron chi connectivity index (χ2n) is 7.66. The molecule has 0 saturated carbocycles. The summed E-state index contributed by atoms with van der Waals surface area (Å²) in [5.41, 5.74) is 4.66. The van der Waals surface area contributed by atoms with Gasteiger partial charge in [-0.1, -0.05) is 36.4 Å². The summed E-state index contributed by atoms with van der Waals surface area (Å²) in [6.45, 7) is 2.12. The van der Waals surface area contributed by atoms with Crippen LogP contribution < -0.4 is 0 Å². The normalized spacial score (nSPS) is 16.3. The standard InChI is InChI=1S/C13H15NO3.C11H11NO/c1-8(16)13-10-4-2-3-5-11(10)14-12(13)6-9(17)7-15;1-2-4-11-8(3-1)5-9(12-11)6-10-7-13-10/h2-5,9,14-15,17H,6-7H2,1H3;1-5,10,12H,6-7H2. The monoisotopic (exact) mass is 406 g/mol. The summed E-state index contributed by atoms with van der Waals surface area (Å²) in [5, 5.41) is 20.5. The molecular weight excluding hydrogens is 380 g/mol. The van der Waals surface area contributed by atoms with Crippen LogP contribution in [0.4, 0.5) is 0 Å². The van der Waals surface area contributed by atoms with Crippen molar-refractivity contribution in [2.45, 2.75) is 32.0 Å². The molecule has 0 amide bonds. The first-order chi connectivity index (χ1) is 14.5. The summed E-state index contributed by atoms with van der Waals surface area (Å²) >= 11 is 0. The van der Waals surface area contributed by atoms with E-state index in [-0.39, 0.29) is 18.8 Å². The lowest BCUT2D eigenvalue weighted by molar-refractivity contribution is 0.0937. The second-order valence-corrected chi connectivity index (χ2v) is 7.66. The number of fused-ring (bicyclic) bond motifs is 2. The van der Waals surface area contributed by atoms with Crippen molar-refractivity contribution in [3.63, 3.8) is 0 Å². The van der Waals surface area contributed by atoms with Crippen LogP contribution in [0.25, 0.3) is 21.8 Å². The average Bonchev–Trinajstić information content (AvgIpc) is 3.33. The third kappa shape index (κ3) is 4.62. The number of hydrogen-bond acceptors (Lipinski definition) is 4. The van der Waals surface area contributed by atoms with Gasteiger partial charge < -0.3 is 24.9 Å². The molecule has 0 aliphatic carbocycles. The summed E-state index contributed by atoms with van der Waals surface area (Å²) in [6, 6.07) is 18.1. The van der Waals surface area contributed by atoms with Gasteiger partial charge in [-0.2, -0.15) is 0 Å². The first-order valence-corrected chi connectivity index (χ1v) is 10.1. The number of hydrogen-bond donors (Lipinski definition) is 4. The number of aromatic nitrogens is 2. The third-order valence-electron chi connectivity index (χ3n) is 5.22. The number of nitrogens with one attached hydrogen (secondary N) is 2.